The van der Waals surface area contributed by atoms with Crippen LogP contribution in [0.4, 0.5) is 0 Å². The number of isocyanates is 1. The van der Waals surface area contributed by atoms with E-state index in [1.165, 1.54) is 11.1 Å². The zero-order valence-electron chi connectivity index (χ0n) is 7.12. The Kier molecular flexibility index (Phi) is 4.30. The Morgan fingerprint density at radius 1 is 1.33 bits per heavy atom. The second-order valence-electron chi connectivity index (χ2n) is 2.01. The first-order valence-electron chi connectivity index (χ1n) is 3.46. The summed E-state index contributed by atoms with van der Waals surface area (Å²) in [6.45, 7) is 0.0729. The molecule has 0 aromatic rings. The molecule has 1 heterocycles. The van der Waals surface area contributed by atoms with Gasteiger partial charge in [0, 0.05) is 0 Å². The number of rotatable bonds is 1. The molecular formula is C6H2N6OS2. The van der Waals surface area contributed by atoms with Gasteiger partial charge in [-0.05, 0) is 24.4 Å². The lowest BCUT2D eigenvalue weighted by molar-refractivity contribution is 0.453. The van der Waals surface area contributed by atoms with Gasteiger partial charge in [0.2, 0.25) is 6.08 Å². The Balaban J connectivity index is 3.06. The SMILES string of the molecule is O=C=NC1=NCN(N=C=S)C(N=C=S)=N1. The molecule has 0 N–H and O–H groups in total. The highest BCUT2D eigenvalue weighted by atomic mass is 32.1. The van der Waals surface area contributed by atoms with Crippen molar-refractivity contribution in [3.05, 3.63) is 0 Å². The molecule has 0 aromatic heterocycles. The monoisotopic (exact) mass is 238 g/mol. The number of aliphatic imine (C=N–C) groups is 4. The molecule has 0 atom stereocenters. The molecule has 0 unspecified atom stereocenters. The van der Waals surface area contributed by atoms with Crippen LogP contribution in [0, 0.1) is 0 Å². The fraction of sp³-hybridized carbons (Fsp3) is 0.167. The third kappa shape index (κ3) is 3.07. The number of hydrogen-bond donors (Lipinski definition) is 0. The third-order valence-electron chi connectivity index (χ3n) is 1.23. The number of nitrogens with zero attached hydrogens (tertiary/aromatic N) is 6. The smallest absolute Gasteiger partial charge is 0.225 e. The van der Waals surface area contributed by atoms with Gasteiger partial charge in [-0.1, -0.05) is 0 Å². The summed E-state index contributed by atoms with van der Waals surface area (Å²) in [7, 11) is 0. The van der Waals surface area contributed by atoms with Crippen molar-refractivity contribution in [3.8, 4) is 0 Å². The first kappa shape index (κ1) is 11.2. The van der Waals surface area contributed by atoms with Gasteiger partial charge in [0.25, 0.3) is 11.9 Å². The van der Waals surface area contributed by atoms with E-state index in [0.29, 0.717) is 0 Å². The Morgan fingerprint density at radius 3 is 2.73 bits per heavy atom. The third-order valence-corrected chi connectivity index (χ3v) is 1.40. The average molecular weight is 238 g/mol. The van der Waals surface area contributed by atoms with Gasteiger partial charge in [-0.15, -0.1) is 10.1 Å². The van der Waals surface area contributed by atoms with Crippen LogP contribution >= 0.6 is 24.4 Å². The molecule has 0 radical (unpaired) electrons. The van der Waals surface area contributed by atoms with Crippen molar-refractivity contribution in [3.63, 3.8) is 0 Å². The molecule has 15 heavy (non-hydrogen) atoms. The molecule has 74 valence electrons. The Labute approximate surface area is 94.6 Å². The van der Waals surface area contributed by atoms with Gasteiger partial charge < -0.3 is 0 Å². The van der Waals surface area contributed by atoms with Gasteiger partial charge in [-0.3, -0.25) is 0 Å². The van der Waals surface area contributed by atoms with Crippen molar-refractivity contribution in [1.82, 2.24) is 5.01 Å². The Morgan fingerprint density at radius 2 is 2.13 bits per heavy atom. The molecule has 0 amide bonds. The Hall–Kier alpha value is -1.88. The summed E-state index contributed by atoms with van der Waals surface area (Å²) in [5.74, 6) is 0.0381. The maximum absolute atomic E-state index is 9.97. The van der Waals surface area contributed by atoms with E-state index in [4.69, 9.17) is 0 Å². The fourth-order valence-corrected chi connectivity index (χ4v) is 0.907. The van der Waals surface area contributed by atoms with Crippen molar-refractivity contribution in [2.24, 2.45) is 25.1 Å². The maximum Gasteiger partial charge on any atom is 0.261 e. The van der Waals surface area contributed by atoms with E-state index in [1.807, 2.05) is 0 Å². The van der Waals surface area contributed by atoms with Crippen molar-refractivity contribution in [1.29, 1.82) is 0 Å². The van der Waals surface area contributed by atoms with E-state index in [0.717, 1.165) is 0 Å². The van der Waals surface area contributed by atoms with Crippen LogP contribution in [0.3, 0.4) is 0 Å². The summed E-state index contributed by atoms with van der Waals surface area (Å²) < 4.78 is 0. The number of hydrogen-bond acceptors (Lipinski definition) is 9. The summed E-state index contributed by atoms with van der Waals surface area (Å²) in [5, 5.41) is 9.08. The molecular weight excluding hydrogens is 236 g/mol. The highest BCUT2D eigenvalue weighted by molar-refractivity contribution is 7.78. The van der Waals surface area contributed by atoms with Crippen molar-refractivity contribution in [2.45, 2.75) is 0 Å². The minimum atomic E-state index is -0.0511. The van der Waals surface area contributed by atoms with Crippen LogP contribution < -0.4 is 0 Å². The van der Waals surface area contributed by atoms with Gasteiger partial charge in [0.15, 0.2) is 0 Å². The number of isothiocyanates is 2. The molecule has 0 saturated carbocycles. The topological polar surface area (TPSA) is 82.1 Å². The molecule has 0 aliphatic carbocycles. The molecule has 0 bridgehead atoms. The molecule has 0 aromatic carbocycles. The zero-order chi connectivity index (χ0) is 11.1. The van der Waals surface area contributed by atoms with Gasteiger partial charge in [-0.2, -0.15) is 15.0 Å². The van der Waals surface area contributed by atoms with Gasteiger partial charge in [0.05, 0.1) is 10.3 Å². The zero-order valence-corrected chi connectivity index (χ0v) is 8.75. The second kappa shape index (κ2) is 5.77. The number of carbonyl (C=O) groups excluding carboxylic acids is 1. The number of guanidine groups is 2. The normalized spacial score (nSPS) is 13.7. The summed E-state index contributed by atoms with van der Waals surface area (Å²) in [6.07, 6.45) is 1.31. The van der Waals surface area contributed by atoms with E-state index >= 15 is 0 Å². The van der Waals surface area contributed by atoms with Crippen molar-refractivity contribution >= 4 is 52.8 Å². The molecule has 0 saturated heterocycles. The Bertz CT molecular complexity index is 464. The number of hydrazone groups is 1. The molecule has 1 rings (SSSR count). The molecule has 1 aliphatic heterocycles. The molecule has 0 fully saturated rings. The van der Waals surface area contributed by atoms with Gasteiger partial charge in [0.1, 0.15) is 6.67 Å². The van der Waals surface area contributed by atoms with Crippen LogP contribution in [0.25, 0.3) is 0 Å². The predicted molar refractivity (Wildman–Crippen MR) is 59.7 cm³/mol. The van der Waals surface area contributed by atoms with E-state index in [9.17, 15) is 4.79 Å². The molecule has 0 spiro atoms. The summed E-state index contributed by atoms with van der Waals surface area (Å²) in [4.78, 5) is 24.3. The number of thiocarbonyl (C=S) groups is 2. The summed E-state index contributed by atoms with van der Waals surface area (Å²) >= 11 is 8.83. The quantitative estimate of drug-likeness (QED) is 0.377. The lowest BCUT2D eigenvalue weighted by Gasteiger charge is -2.15. The average Bonchev–Trinajstić information content (AvgIpc) is 2.23. The van der Waals surface area contributed by atoms with E-state index < -0.39 is 0 Å². The van der Waals surface area contributed by atoms with Crippen LogP contribution in [0.1, 0.15) is 0 Å². The maximum atomic E-state index is 9.97. The van der Waals surface area contributed by atoms with Crippen LogP contribution in [-0.2, 0) is 4.79 Å². The van der Waals surface area contributed by atoms with Crippen LogP contribution in [0.15, 0.2) is 25.1 Å². The fourth-order valence-electron chi connectivity index (χ4n) is 0.726. The van der Waals surface area contributed by atoms with Crippen LogP contribution in [0.2, 0.25) is 0 Å². The van der Waals surface area contributed by atoms with E-state index in [-0.39, 0.29) is 18.6 Å². The molecule has 9 heteroatoms. The highest BCUT2D eigenvalue weighted by Gasteiger charge is 2.15. The lowest BCUT2D eigenvalue weighted by Crippen LogP contribution is -2.28. The van der Waals surface area contributed by atoms with Crippen molar-refractivity contribution in [2.75, 3.05) is 6.67 Å². The molecule has 1 aliphatic rings. The van der Waals surface area contributed by atoms with Crippen LogP contribution in [0.5, 0.6) is 0 Å². The largest absolute Gasteiger partial charge is 0.261 e. The lowest BCUT2D eigenvalue weighted by atomic mass is 10.7. The van der Waals surface area contributed by atoms with Crippen molar-refractivity contribution < 1.29 is 4.79 Å². The minimum absolute atomic E-state index is 0.0511. The van der Waals surface area contributed by atoms with Gasteiger partial charge in [-0.25, -0.2) is 9.79 Å². The highest BCUT2D eigenvalue weighted by Crippen LogP contribution is 2.03. The van der Waals surface area contributed by atoms with E-state index in [2.05, 4.69) is 59.8 Å². The molecule has 7 nitrogen and oxygen atoms in total. The summed E-state index contributed by atoms with van der Waals surface area (Å²) in [5.41, 5.74) is 0. The van der Waals surface area contributed by atoms with E-state index in [1.54, 1.807) is 0 Å². The first-order valence-corrected chi connectivity index (χ1v) is 4.27. The summed E-state index contributed by atoms with van der Waals surface area (Å²) in [6, 6.07) is 0. The first-order chi connectivity index (χ1) is 7.31. The standard InChI is InChI=1S/C6H2N6OS2/c13-2-8-5-7-1-12(10-4-15)6(11-5)9-3-14/h1H2. The van der Waals surface area contributed by atoms with Gasteiger partial charge >= 0.3 is 0 Å². The minimum Gasteiger partial charge on any atom is -0.225 e. The second-order valence-corrected chi connectivity index (χ2v) is 2.37. The van der Waals surface area contributed by atoms with Crippen LogP contribution in [-0.4, -0.2) is 40.0 Å². The predicted octanol–water partition coefficient (Wildman–Crippen LogP) is 0.428.